The van der Waals surface area contributed by atoms with Crippen molar-refractivity contribution >= 4 is 0 Å². The second-order valence-corrected chi connectivity index (χ2v) is 5.01. The van der Waals surface area contributed by atoms with Crippen LogP contribution in [0.5, 0.6) is 0 Å². The third-order valence-electron chi connectivity index (χ3n) is 3.95. The summed E-state index contributed by atoms with van der Waals surface area (Å²) in [6, 6.07) is 0. The lowest BCUT2D eigenvalue weighted by Gasteiger charge is -2.36. The first kappa shape index (κ1) is 13.7. The van der Waals surface area contributed by atoms with Gasteiger partial charge in [-0.25, -0.2) is 0 Å². The van der Waals surface area contributed by atoms with Gasteiger partial charge >= 0.3 is 0 Å². The number of hydrogen-bond donors (Lipinski definition) is 1. The van der Waals surface area contributed by atoms with E-state index >= 15 is 0 Å². The lowest BCUT2D eigenvalue weighted by molar-refractivity contribution is -0.111. The van der Waals surface area contributed by atoms with E-state index < -0.39 is 0 Å². The maximum absolute atomic E-state index is 10.4. The van der Waals surface area contributed by atoms with Crippen molar-refractivity contribution in [2.75, 3.05) is 7.11 Å². The minimum atomic E-state index is -0.386. The molecule has 2 heteroatoms. The third-order valence-corrected chi connectivity index (χ3v) is 3.95. The van der Waals surface area contributed by atoms with E-state index in [0.717, 1.165) is 24.8 Å². The standard InChI is InChI=1S/C14H26O2/c1-4-12(2)11-13(15)14(16-3)9-7-5-6-8-10-14/h13,15H,2,4-11H2,1,3H3. The topological polar surface area (TPSA) is 29.5 Å². The van der Waals surface area contributed by atoms with Crippen molar-refractivity contribution < 1.29 is 9.84 Å². The molecule has 0 radical (unpaired) electrons. The van der Waals surface area contributed by atoms with Gasteiger partial charge < -0.3 is 9.84 Å². The van der Waals surface area contributed by atoms with E-state index in [1.807, 2.05) is 0 Å². The van der Waals surface area contributed by atoms with Crippen LogP contribution in [0, 0.1) is 0 Å². The highest BCUT2D eigenvalue weighted by Gasteiger charge is 2.38. The number of ether oxygens (including phenoxy) is 1. The summed E-state index contributed by atoms with van der Waals surface area (Å²) < 4.78 is 5.67. The second kappa shape index (κ2) is 6.41. The molecular formula is C14H26O2. The van der Waals surface area contributed by atoms with Crippen molar-refractivity contribution in [3.63, 3.8) is 0 Å². The maximum Gasteiger partial charge on any atom is 0.0939 e. The largest absolute Gasteiger partial charge is 0.390 e. The Morgan fingerprint density at radius 1 is 1.31 bits per heavy atom. The van der Waals surface area contributed by atoms with E-state index in [-0.39, 0.29) is 11.7 Å². The molecule has 1 atom stereocenters. The lowest BCUT2D eigenvalue weighted by atomic mass is 9.84. The number of methoxy groups -OCH3 is 1. The number of aliphatic hydroxyl groups excluding tert-OH is 1. The molecule has 0 aliphatic heterocycles. The van der Waals surface area contributed by atoms with Gasteiger partial charge in [0, 0.05) is 7.11 Å². The molecule has 1 fully saturated rings. The third kappa shape index (κ3) is 3.33. The van der Waals surface area contributed by atoms with E-state index in [0.29, 0.717) is 6.42 Å². The van der Waals surface area contributed by atoms with Crippen LogP contribution in [0.4, 0.5) is 0 Å². The smallest absolute Gasteiger partial charge is 0.0939 e. The predicted molar refractivity (Wildman–Crippen MR) is 67.5 cm³/mol. The van der Waals surface area contributed by atoms with Crippen molar-refractivity contribution in [2.45, 2.75) is 70.0 Å². The number of aliphatic hydroxyl groups is 1. The van der Waals surface area contributed by atoms with E-state index in [9.17, 15) is 5.11 Å². The first-order chi connectivity index (χ1) is 7.64. The Morgan fingerprint density at radius 3 is 2.31 bits per heavy atom. The highest BCUT2D eigenvalue weighted by Crippen LogP contribution is 2.35. The Kier molecular flexibility index (Phi) is 5.50. The number of hydrogen-bond acceptors (Lipinski definition) is 2. The van der Waals surface area contributed by atoms with Crippen LogP contribution in [0.25, 0.3) is 0 Å². The van der Waals surface area contributed by atoms with Crippen LogP contribution >= 0.6 is 0 Å². The molecular weight excluding hydrogens is 200 g/mol. The molecule has 16 heavy (non-hydrogen) atoms. The monoisotopic (exact) mass is 226 g/mol. The summed E-state index contributed by atoms with van der Waals surface area (Å²) in [5.74, 6) is 0. The minimum absolute atomic E-state index is 0.311. The summed E-state index contributed by atoms with van der Waals surface area (Å²) in [5, 5.41) is 10.4. The van der Waals surface area contributed by atoms with Gasteiger partial charge in [0.1, 0.15) is 0 Å². The molecule has 0 spiro atoms. The summed E-state index contributed by atoms with van der Waals surface area (Å²) in [6.07, 6.45) is 8.10. The van der Waals surface area contributed by atoms with Gasteiger partial charge in [0.05, 0.1) is 11.7 Å². The van der Waals surface area contributed by atoms with Gasteiger partial charge in [-0.15, -0.1) is 0 Å². The molecule has 1 saturated carbocycles. The van der Waals surface area contributed by atoms with Crippen LogP contribution in [0.3, 0.4) is 0 Å². The van der Waals surface area contributed by atoms with Crippen LogP contribution < -0.4 is 0 Å². The van der Waals surface area contributed by atoms with Gasteiger partial charge in [0.15, 0.2) is 0 Å². The zero-order valence-electron chi connectivity index (χ0n) is 10.8. The first-order valence-electron chi connectivity index (χ1n) is 6.54. The molecule has 1 N–H and O–H groups in total. The van der Waals surface area contributed by atoms with Crippen molar-refractivity contribution in [1.82, 2.24) is 0 Å². The lowest BCUT2D eigenvalue weighted by Crippen LogP contribution is -2.44. The van der Waals surface area contributed by atoms with Crippen LogP contribution in [0.2, 0.25) is 0 Å². The highest BCUT2D eigenvalue weighted by atomic mass is 16.5. The Bertz CT molecular complexity index is 215. The molecule has 94 valence electrons. The zero-order valence-corrected chi connectivity index (χ0v) is 10.8. The molecule has 0 aromatic carbocycles. The molecule has 0 aromatic rings. The highest BCUT2D eigenvalue weighted by molar-refractivity contribution is 5.01. The normalized spacial score (nSPS) is 22.4. The Labute approximate surface area is 99.7 Å². The van der Waals surface area contributed by atoms with Gasteiger partial charge in [-0.3, -0.25) is 0 Å². The summed E-state index contributed by atoms with van der Waals surface area (Å²) >= 11 is 0. The molecule has 0 aromatic heterocycles. The molecule has 1 unspecified atom stereocenters. The molecule has 0 saturated heterocycles. The summed E-state index contributed by atoms with van der Waals surface area (Å²) in [5.41, 5.74) is 0.808. The van der Waals surface area contributed by atoms with Gasteiger partial charge in [-0.1, -0.05) is 44.8 Å². The summed E-state index contributed by atoms with van der Waals surface area (Å²) in [6.45, 7) is 6.07. The maximum atomic E-state index is 10.4. The van der Waals surface area contributed by atoms with E-state index in [2.05, 4.69) is 13.5 Å². The van der Waals surface area contributed by atoms with Gasteiger partial charge in [-0.2, -0.15) is 0 Å². The Hall–Kier alpha value is -0.340. The molecule has 0 heterocycles. The second-order valence-electron chi connectivity index (χ2n) is 5.01. The molecule has 1 rings (SSSR count). The zero-order chi connectivity index (χ0) is 12.0. The quantitative estimate of drug-likeness (QED) is 0.575. The van der Waals surface area contributed by atoms with Crippen molar-refractivity contribution in [3.05, 3.63) is 12.2 Å². The fourth-order valence-electron chi connectivity index (χ4n) is 2.60. The Morgan fingerprint density at radius 2 is 1.88 bits per heavy atom. The first-order valence-corrected chi connectivity index (χ1v) is 6.54. The molecule has 1 aliphatic carbocycles. The molecule has 2 nitrogen and oxygen atoms in total. The average Bonchev–Trinajstić information content (AvgIpc) is 2.54. The van der Waals surface area contributed by atoms with Crippen molar-refractivity contribution in [3.8, 4) is 0 Å². The predicted octanol–water partition coefficient (Wildman–Crippen LogP) is 3.44. The average molecular weight is 226 g/mol. The minimum Gasteiger partial charge on any atom is -0.390 e. The van der Waals surface area contributed by atoms with Gasteiger partial charge in [0.2, 0.25) is 0 Å². The molecule has 0 amide bonds. The van der Waals surface area contributed by atoms with Gasteiger partial charge in [0.25, 0.3) is 0 Å². The van der Waals surface area contributed by atoms with E-state index in [1.165, 1.54) is 25.7 Å². The van der Waals surface area contributed by atoms with Crippen LogP contribution in [0.1, 0.15) is 58.3 Å². The Balaban J connectivity index is 2.65. The van der Waals surface area contributed by atoms with Gasteiger partial charge in [-0.05, 0) is 25.7 Å². The van der Waals surface area contributed by atoms with Crippen LogP contribution in [-0.2, 0) is 4.74 Å². The number of rotatable bonds is 5. The summed E-state index contributed by atoms with van der Waals surface area (Å²) in [4.78, 5) is 0. The van der Waals surface area contributed by atoms with Crippen LogP contribution in [0.15, 0.2) is 12.2 Å². The van der Waals surface area contributed by atoms with Crippen LogP contribution in [-0.4, -0.2) is 23.9 Å². The SMILES string of the molecule is C=C(CC)CC(O)C1(OC)CCCCCC1. The molecule has 0 bridgehead atoms. The van der Waals surface area contributed by atoms with E-state index in [4.69, 9.17) is 4.74 Å². The summed E-state index contributed by atoms with van der Waals surface area (Å²) in [7, 11) is 1.74. The molecule has 1 aliphatic rings. The van der Waals surface area contributed by atoms with E-state index in [1.54, 1.807) is 7.11 Å². The van der Waals surface area contributed by atoms with Crippen molar-refractivity contribution in [2.24, 2.45) is 0 Å². The fraction of sp³-hybridized carbons (Fsp3) is 0.857. The fourth-order valence-corrected chi connectivity index (χ4v) is 2.60. The van der Waals surface area contributed by atoms with Crippen molar-refractivity contribution in [1.29, 1.82) is 0 Å².